The molecule has 0 spiro atoms. The number of hydrogen-bond acceptors (Lipinski definition) is 0. The summed E-state index contributed by atoms with van der Waals surface area (Å²) >= 11 is 0. The average molecular weight is 601 g/mol. The number of rotatable bonds is 16. The fourth-order valence-corrected chi connectivity index (χ4v) is 6.89. The van der Waals surface area contributed by atoms with E-state index in [1.165, 1.54) is 50.1 Å². The molecule has 232 valence electrons. The van der Waals surface area contributed by atoms with E-state index in [2.05, 4.69) is 142 Å². The molecule has 0 amide bonds. The van der Waals surface area contributed by atoms with Crippen molar-refractivity contribution in [2.75, 3.05) is 0 Å². The molecule has 0 saturated carbocycles. The molecule has 0 radical (unpaired) electrons. The minimum absolute atomic E-state index is 0.0591. The lowest BCUT2D eigenvalue weighted by Crippen LogP contribution is -2.32. The summed E-state index contributed by atoms with van der Waals surface area (Å²) in [6, 6.07) is 35.5. The van der Waals surface area contributed by atoms with Crippen LogP contribution in [0.25, 0.3) is 24.3 Å². The van der Waals surface area contributed by atoms with Crippen molar-refractivity contribution >= 4 is 24.3 Å². The van der Waals surface area contributed by atoms with Gasteiger partial charge in [0, 0.05) is 0 Å². The molecular formula is C46H48. The SMILES string of the molecule is C=Cc1ccc(CCC2(CCc3cccc(C=C)c3)C=CC(CCc3cccc(C=C)c3)=CC2CCc2cccc(C=C)c2)cc1. The summed E-state index contributed by atoms with van der Waals surface area (Å²) in [6.07, 6.45) is 24.0. The zero-order chi connectivity index (χ0) is 32.2. The molecule has 4 aromatic carbocycles. The molecule has 0 heterocycles. The van der Waals surface area contributed by atoms with E-state index >= 15 is 0 Å². The molecule has 0 aromatic heterocycles. The maximum atomic E-state index is 4.01. The van der Waals surface area contributed by atoms with Crippen molar-refractivity contribution in [3.8, 4) is 0 Å². The van der Waals surface area contributed by atoms with Crippen LogP contribution in [0.1, 0.15) is 70.2 Å². The first kappa shape index (κ1) is 32.7. The van der Waals surface area contributed by atoms with Gasteiger partial charge in [0.1, 0.15) is 0 Å². The highest BCUT2D eigenvalue weighted by Gasteiger charge is 2.36. The van der Waals surface area contributed by atoms with E-state index in [1.54, 1.807) is 0 Å². The van der Waals surface area contributed by atoms with Crippen molar-refractivity contribution in [3.05, 3.63) is 192 Å². The highest BCUT2D eigenvalue weighted by molar-refractivity contribution is 5.50. The molecule has 0 bridgehead atoms. The van der Waals surface area contributed by atoms with Gasteiger partial charge >= 0.3 is 0 Å². The first-order chi connectivity index (χ1) is 22.5. The van der Waals surface area contributed by atoms with Gasteiger partial charge in [-0.15, -0.1) is 0 Å². The van der Waals surface area contributed by atoms with E-state index in [9.17, 15) is 0 Å². The van der Waals surface area contributed by atoms with Crippen LogP contribution in [0.4, 0.5) is 0 Å². The van der Waals surface area contributed by atoms with Crippen LogP contribution in [-0.4, -0.2) is 0 Å². The third-order valence-corrected chi connectivity index (χ3v) is 9.76. The Balaban J connectivity index is 1.44. The zero-order valence-corrected chi connectivity index (χ0v) is 27.3. The fraction of sp³-hybridized carbons (Fsp3) is 0.217. The maximum Gasteiger partial charge on any atom is -0.00457 e. The lowest BCUT2D eigenvalue weighted by Gasteiger charge is -2.41. The maximum absolute atomic E-state index is 4.01. The van der Waals surface area contributed by atoms with Gasteiger partial charge in [-0.05, 0) is 107 Å². The van der Waals surface area contributed by atoms with Crippen LogP contribution in [-0.2, 0) is 25.7 Å². The van der Waals surface area contributed by atoms with Crippen LogP contribution in [0, 0.1) is 11.3 Å². The zero-order valence-electron chi connectivity index (χ0n) is 27.3. The Morgan fingerprint density at radius 2 is 1.00 bits per heavy atom. The van der Waals surface area contributed by atoms with E-state index in [0.29, 0.717) is 5.92 Å². The van der Waals surface area contributed by atoms with Gasteiger partial charge in [0.25, 0.3) is 0 Å². The summed E-state index contributed by atoms with van der Waals surface area (Å²) in [7, 11) is 0. The predicted molar refractivity (Wildman–Crippen MR) is 203 cm³/mol. The van der Waals surface area contributed by atoms with Crippen molar-refractivity contribution in [1.29, 1.82) is 0 Å². The summed E-state index contributed by atoms with van der Waals surface area (Å²) < 4.78 is 0. The van der Waals surface area contributed by atoms with Crippen LogP contribution >= 0.6 is 0 Å². The Labute approximate surface area is 277 Å². The molecule has 0 aliphatic heterocycles. The van der Waals surface area contributed by atoms with Crippen LogP contribution < -0.4 is 0 Å². The van der Waals surface area contributed by atoms with Crippen LogP contribution in [0.2, 0.25) is 0 Å². The second-order valence-corrected chi connectivity index (χ2v) is 12.7. The second kappa shape index (κ2) is 16.1. The summed E-state index contributed by atoms with van der Waals surface area (Å²) in [5.41, 5.74) is 11.8. The average Bonchev–Trinajstić information content (AvgIpc) is 3.12. The van der Waals surface area contributed by atoms with E-state index in [0.717, 1.165) is 51.4 Å². The summed E-state index contributed by atoms with van der Waals surface area (Å²) in [4.78, 5) is 0. The molecule has 5 rings (SSSR count). The fourth-order valence-electron chi connectivity index (χ4n) is 6.89. The molecule has 0 heteroatoms. The predicted octanol–water partition coefficient (Wildman–Crippen LogP) is 12.2. The summed E-state index contributed by atoms with van der Waals surface area (Å²) in [5, 5.41) is 0. The van der Waals surface area contributed by atoms with E-state index in [4.69, 9.17) is 0 Å². The standard InChI is InChI=1S/C46H48/c1-5-36-18-20-40(21-19-36)26-29-46(30-27-43-17-11-14-39(8-4)34-43)31-28-44(23-22-41-15-9-12-37(6-2)32-41)35-45(46)25-24-42-16-10-13-38(7-3)33-42/h5-21,28,31-35,45H,1-4,22-27,29-30H2. The molecule has 0 saturated heterocycles. The molecule has 2 unspecified atom stereocenters. The Kier molecular flexibility index (Phi) is 11.4. The molecule has 1 aliphatic rings. The van der Waals surface area contributed by atoms with Crippen LogP contribution in [0.15, 0.2) is 147 Å². The molecule has 0 fully saturated rings. The normalized spacial score (nSPS) is 17.2. The number of allylic oxidation sites excluding steroid dienone is 4. The summed E-state index contributed by atoms with van der Waals surface area (Å²) in [5.74, 6) is 0.439. The minimum Gasteiger partial charge on any atom is -0.0985 e. The number of benzene rings is 4. The topological polar surface area (TPSA) is 0 Å². The number of hydrogen-bond donors (Lipinski definition) is 0. The van der Waals surface area contributed by atoms with Gasteiger partial charge in [0.05, 0.1) is 0 Å². The minimum atomic E-state index is 0.0591. The molecule has 2 atom stereocenters. The van der Waals surface area contributed by atoms with Gasteiger partial charge in [-0.2, -0.15) is 0 Å². The van der Waals surface area contributed by atoms with E-state index in [1.807, 2.05) is 24.3 Å². The van der Waals surface area contributed by atoms with Gasteiger partial charge in [-0.25, -0.2) is 0 Å². The van der Waals surface area contributed by atoms with Crippen LogP contribution in [0.5, 0.6) is 0 Å². The van der Waals surface area contributed by atoms with Crippen molar-refractivity contribution in [2.45, 2.75) is 51.4 Å². The second-order valence-electron chi connectivity index (χ2n) is 12.7. The van der Waals surface area contributed by atoms with E-state index < -0.39 is 0 Å². The van der Waals surface area contributed by atoms with Gasteiger partial charge < -0.3 is 0 Å². The first-order valence-electron chi connectivity index (χ1n) is 16.8. The lowest BCUT2D eigenvalue weighted by molar-refractivity contribution is 0.218. The van der Waals surface area contributed by atoms with Gasteiger partial charge in [0.2, 0.25) is 0 Å². The van der Waals surface area contributed by atoms with Crippen molar-refractivity contribution in [3.63, 3.8) is 0 Å². The number of aryl methyl sites for hydroxylation is 4. The molecule has 46 heavy (non-hydrogen) atoms. The summed E-state index contributed by atoms with van der Waals surface area (Å²) in [6.45, 7) is 15.9. The van der Waals surface area contributed by atoms with Gasteiger partial charge in [0.15, 0.2) is 0 Å². The monoisotopic (exact) mass is 600 g/mol. The highest BCUT2D eigenvalue weighted by Crippen LogP contribution is 2.46. The smallest absolute Gasteiger partial charge is 0.00457 e. The van der Waals surface area contributed by atoms with Gasteiger partial charge in [-0.3, -0.25) is 0 Å². The molecule has 4 aromatic rings. The Hall–Kier alpha value is -4.68. The molecular weight excluding hydrogens is 553 g/mol. The Morgan fingerprint density at radius 3 is 1.54 bits per heavy atom. The van der Waals surface area contributed by atoms with Crippen molar-refractivity contribution in [1.82, 2.24) is 0 Å². The van der Waals surface area contributed by atoms with Crippen LogP contribution in [0.3, 0.4) is 0 Å². The molecule has 0 nitrogen and oxygen atoms in total. The van der Waals surface area contributed by atoms with Gasteiger partial charge in [-0.1, -0.05) is 171 Å². The Morgan fingerprint density at radius 1 is 0.500 bits per heavy atom. The lowest BCUT2D eigenvalue weighted by atomic mass is 9.63. The largest absolute Gasteiger partial charge is 0.0985 e. The third-order valence-electron chi connectivity index (χ3n) is 9.76. The van der Waals surface area contributed by atoms with Crippen molar-refractivity contribution < 1.29 is 0 Å². The van der Waals surface area contributed by atoms with E-state index in [-0.39, 0.29) is 5.41 Å². The quantitative estimate of drug-likeness (QED) is 0.120. The molecule has 1 aliphatic carbocycles. The third kappa shape index (κ3) is 8.73. The highest BCUT2D eigenvalue weighted by atomic mass is 14.4. The van der Waals surface area contributed by atoms with Crippen molar-refractivity contribution in [2.24, 2.45) is 11.3 Å². The first-order valence-corrected chi connectivity index (χ1v) is 16.8. The Bertz CT molecular complexity index is 1710. The molecule has 0 N–H and O–H groups in total.